The van der Waals surface area contributed by atoms with E-state index >= 15 is 0 Å². The van der Waals surface area contributed by atoms with Gasteiger partial charge in [-0.25, -0.2) is 23.6 Å². The third kappa shape index (κ3) is 4.72. The summed E-state index contributed by atoms with van der Waals surface area (Å²) in [4.78, 5) is 15.7. The van der Waals surface area contributed by atoms with Crippen LogP contribution in [-0.2, 0) is 17.2 Å². The van der Waals surface area contributed by atoms with Crippen LogP contribution >= 0.6 is 0 Å². The number of aliphatic imine (C=N–C) groups is 1. The van der Waals surface area contributed by atoms with Crippen molar-refractivity contribution in [1.29, 1.82) is 0 Å². The maximum absolute atomic E-state index is 14.4. The molecule has 1 fully saturated rings. The number of benzene rings is 1. The van der Waals surface area contributed by atoms with E-state index in [1.807, 2.05) is 12.4 Å². The predicted molar refractivity (Wildman–Crippen MR) is 125 cm³/mol. The summed E-state index contributed by atoms with van der Waals surface area (Å²) in [5, 5.41) is 13.0. The van der Waals surface area contributed by atoms with Crippen molar-refractivity contribution in [2.45, 2.75) is 26.2 Å². The molecule has 12 heteroatoms. The fourth-order valence-corrected chi connectivity index (χ4v) is 5.19. The van der Waals surface area contributed by atoms with Crippen LogP contribution in [0.4, 0.5) is 10.3 Å². The zero-order chi connectivity index (χ0) is 23.5. The SMILES string of the molecule is CCc1cnc(N2CCC(C3=NC(COc4ccc(-n5cnnn5)c(F)c4)=CS3=O)CC2)nc1. The summed E-state index contributed by atoms with van der Waals surface area (Å²) in [7, 11) is -1.28. The van der Waals surface area contributed by atoms with Crippen LogP contribution in [0.1, 0.15) is 25.3 Å². The summed E-state index contributed by atoms with van der Waals surface area (Å²) in [6.07, 6.45) is 7.61. The van der Waals surface area contributed by atoms with Crippen molar-refractivity contribution in [3.05, 3.63) is 59.4 Å². The van der Waals surface area contributed by atoms with Crippen molar-refractivity contribution in [2.24, 2.45) is 10.9 Å². The van der Waals surface area contributed by atoms with Crippen molar-refractivity contribution in [2.75, 3.05) is 24.6 Å². The highest BCUT2D eigenvalue weighted by Crippen LogP contribution is 2.27. The summed E-state index contributed by atoms with van der Waals surface area (Å²) in [5.74, 6) is 0.689. The minimum Gasteiger partial charge on any atom is -0.487 e. The first-order chi connectivity index (χ1) is 16.6. The molecule has 0 radical (unpaired) electrons. The maximum Gasteiger partial charge on any atom is 0.225 e. The van der Waals surface area contributed by atoms with Gasteiger partial charge in [-0.1, -0.05) is 6.92 Å². The Morgan fingerprint density at radius 1 is 1.21 bits per heavy atom. The molecule has 4 heterocycles. The number of anilines is 1. The Bertz CT molecular complexity index is 1240. The van der Waals surface area contributed by atoms with Gasteiger partial charge in [0.2, 0.25) is 5.95 Å². The lowest BCUT2D eigenvalue weighted by Crippen LogP contribution is -2.37. The van der Waals surface area contributed by atoms with Crippen molar-refractivity contribution in [3.63, 3.8) is 0 Å². The van der Waals surface area contributed by atoms with Gasteiger partial charge in [0, 0.05) is 42.9 Å². The van der Waals surface area contributed by atoms with Crippen LogP contribution in [-0.4, -0.2) is 59.1 Å². The molecule has 1 atom stereocenters. The lowest BCUT2D eigenvalue weighted by Gasteiger charge is -2.31. The Labute approximate surface area is 198 Å². The molecule has 2 aliphatic heterocycles. The van der Waals surface area contributed by atoms with Gasteiger partial charge in [0.1, 0.15) is 29.4 Å². The first-order valence-corrected chi connectivity index (χ1v) is 12.2. The van der Waals surface area contributed by atoms with Crippen LogP contribution in [0.15, 0.2) is 53.0 Å². The van der Waals surface area contributed by atoms with E-state index in [1.165, 1.54) is 23.1 Å². The second-order valence-corrected chi connectivity index (χ2v) is 9.27. The number of piperidine rings is 1. The number of hydrogen-bond donors (Lipinski definition) is 0. The molecule has 2 aliphatic rings. The molecule has 0 saturated carbocycles. The van der Waals surface area contributed by atoms with E-state index in [9.17, 15) is 8.60 Å². The molecule has 0 aliphatic carbocycles. The van der Waals surface area contributed by atoms with Gasteiger partial charge in [-0.05, 0) is 47.4 Å². The topological polar surface area (TPSA) is 111 Å². The van der Waals surface area contributed by atoms with E-state index in [2.05, 4.69) is 42.3 Å². The van der Waals surface area contributed by atoms with Crippen LogP contribution in [0.25, 0.3) is 5.69 Å². The van der Waals surface area contributed by atoms with Crippen molar-refractivity contribution < 1.29 is 13.3 Å². The van der Waals surface area contributed by atoms with E-state index < -0.39 is 16.6 Å². The number of ether oxygens (including phenoxy) is 1. The Balaban J connectivity index is 1.17. The zero-order valence-electron chi connectivity index (χ0n) is 18.5. The average molecular weight is 483 g/mol. The first-order valence-electron chi connectivity index (χ1n) is 11.0. The molecule has 1 aromatic carbocycles. The Morgan fingerprint density at radius 3 is 2.68 bits per heavy atom. The highest BCUT2D eigenvalue weighted by Gasteiger charge is 2.30. The third-order valence-electron chi connectivity index (χ3n) is 5.83. The van der Waals surface area contributed by atoms with Crippen LogP contribution in [0.3, 0.4) is 0 Å². The number of rotatable bonds is 7. The Kier molecular flexibility index (Phi) is 6.39. The number of nitrogens with zero attached hydrogens (tertiary/aromatic N) is 8. The van der Waals surface area contributed by atoms with Gasteiger partial charge in [0.05, 0.1) is 16.5 Å². The molecular formula is C22H23FN8O2S. The molecule has 176 valence electrons. The number of aromatic nitrogens is 6. The van der Waals surface area contributed by atoms with Crippen molar-refractivity contribution in [3.8, 4) is 11.4 Å². The largest absolute Gasteiger partial charge is 0.487 e. The van der Waals surface area contributed by atoms with Gasteiger partial charge in [0.15, 0.2) is 5.82 Å². The molecule has 0 amide bonds. The second kappa shape index (κ2) is 9.75. The number of tetrazole rings is 1. The quantitative estimate of drug-likeness (QED) is 0.505. The van der Waals surface area contributed by atoms with Gasteiger partial charge in [-0.15, -0.1) is 5.10 Å². The molecule has 10 nitrogen and oxygen atoms in total. The fraction of sp³-hybridized carbons (Fsp3) is 0.364. The number of hydrogen-bond acceptors (Lipinski definition) is 9. The summed E-state index contributed by atoms with van der Waals surface area (Å²) in [6, 6.07) is 4.42. The molecule has 3 aromatic rings. The zero-order valence-corrected chi connectivity index (χ0v) is 19.4. The first kappa shape index (κ1) is 22.3. The van der Waals surface area contributed by atoms with Crippen molar-refractivity contribution in [1.82, 2.24) is 30.2 Å². The van der Waals surface area contributed by atoms with Gasteiger partial charge < -0.3 is 9.64 Å². The molecule has 34 heavy (non-hydrogen) atoms. The fourth-order valence-electron chi connectivity index (χ4n) is 3.93. The molecule has 0 bridgehead atoms. The smallest absolute Gasteiger partial charge is 0.225 e. The molecule has 1 saturated heterocycles. The van der Waals surface area contributed by atoms with Crippen LogP contribution in [0, 0.1) is 11.7 Å². The van der Waals surface area contributed by atoms with Gasteiger partial charge >= 0.3 is 0 Å². The Hall–Kier alpha value is -3.54. The van der Waals surface area contributed by atoms with Crippen LogP contribution in [0.2, 0.25) is 0 Å². The highest BCUT2D eigenvalue weighted by molar-refractivity contribution is 8.03. The maximum atomic E-state index is 14.4. The monoisotopic (exact) mass is 482 g/mol. The van der Waals surface area contributed by atoms with Gasteiger partial charge in [-0.3, -0.25) is 0 Å². The van der Waals surface area contributed by atoms with E-state index in [-0.39, 0.29) is 18.2 Å². The molecule has 2 aromatic heterocycles. The Morgan fingerprint density at radius 2 is 2.00 bits per heavy atom. The summed E-state index contributed by atoms with van der Waals surface area (Å²) >= 11 is 0. The van der Waals surface area contributed by atoms with Crippen molar-refractivity contribution >= 4 is 21.8 Å². The molecule has 0 spiro atoms. The molecule has 0 N–H and O–H groups in total. The third-order valence-corrected chi connectivity index (χ3v) is 7.15. The number of halogens is 1. The van der Waals surface area contributed by atoms with E-state index in [4.69, 9.17) is 4.74 Å². The highest BCUT2D eigenvalue weighted by atomic mass is 32.2. The van der Waals surface area contributed by atoms with Crippen LogP contribution < -0.4 is 9.64 Å². The summed E-state index contributed by atoms with van der Waals surface area (Å²) in [5.41, 5.74) is 1.91. The number of aryl methyl sites for hydroxylation is 1. The normalized spacial score (nSPS) is 18.6. The summed E-state index contributed by atoms with van der Waals surface area (Å²) < 4.78 is 34.0. The minimum atomic E-state index is -1.28. The van der Waals surface area contributed by atoms with Gasteiger partial charge in [0.25, 0.3) is 0 Å². The summed E-state index contributed by atoms with van der Waals surface area (Å²) in [6.45, 7) is 3.75. The minimum absolute atomic E-state index is 0.107. The average Bonchev–Trinajstić information content (AvgIpc) is 3.53. The predicted octanol–water partition coefficient (Wildman–Crippen LogP) is 2.45. The molecule has 5 rings (SSSR count). The van der Waals surface area contributed by atoms with E-state index in [0.717, 1.165) is 43.9 Å². The van der Waals surface area contributed by atoms with Gasteiger partial charge in [-0.2, -0.15) is 4.68 Å². The molecule has 1 unspecified atom stereocenters. The van der Waals surface area contributed by atoms with Crippen LogP contribution in [0.5, 0.6) is 5.75 Å². The molecular weight excluding hydrogens is 459 g/mol. The lowest BCUT2D eigenvalue weighted by molar-refractivity contribution is 0.349. The van der Waals surface area contributed by atoms with E-state index in [1.54, 1.807) is 11.5 Å². The standard InChI is InChI=1S/C22H23FN8O2S/c1-2-15-10-24-22(25-11-15)30-7-5-16(6-8-30)21-27-17(13-34(21)32)12-33-18-3-4-20(19(23)9-18)31-14-26-28-29-31/h3-4,9-11,13-14,16H,2,5-8,12H2,1H3. The second-order valence-electron chi connectivity index (χ2n) is 8.02. The lowest BCUT2D eigenvalue weighted by atomic mass is 9.98. The van der Waals surface area contributed by atoms with E-state index in [0.29, 0.717) is 16.5 Å².